The van der Waals surface area contributed by atoms with E-state index in [1.165, 1.54) is 6.07 Å². The van der Waals surface area contributed by atoms with Crippen molar-refractivity contribution in [1.82, 2.24) is 0 Å². The highest BCUT2D eigenvalue weighted by Gasteiger charge is 2.10. The van der Waals surface area contributed by atoms with Gasteiger partial charge in [0, 0.05) is 4.47 Å². The minimum absolute atomic E-state index is 0.171. The Morgan fingerprint density at radius 1 is 1.40 bits per heavy atom. The average Bonchev–Trinajstić information content (AvgIpc) is 2.10. The van der Waals surface area contributed by atoms with Crippen molar-refractivity contribution >= 4 is 15.9 Å². The minimum Gasteiger partial charge on any atom is -0.393 e. The van der Waals surface area contributed by atoms with E-state index in [0.717, 1.165) is 4.47 Å². The maximum absolute atomic E-state index is 13.4. The molecule has 0 fully saturated rings. The van der Waals surface area contributed by atoms with Crippen molar-refractivity contribution in [3.05, 3.63) is 34.1 Å². The van der Waals surface area contributed by atoms with E-state index in [1.807, 2.05) is 6.92 Å². The third-order valence-corrected chi connectivity index (χ3v) is 2.81. The first-order valence-corrected chi connectivity index (χ1v) is 5.90. The van der Waals surface area contributed by atoms with Crippen LogP contribution >= 0.6 is 15.9 Å². The second-order valence-corrected chi connectivity index (χ2v) is 5.05. The Bertz CT molecular complexity index is 325. The van der Waals surface area contributed by atoms with Gasteiger partial charge in [-0.2, -0.15) is 0 Å². The normalized spacial score (nSPS) is 15.0. The molecule has 2 unspecified atom stereocenters. The maximum atomic E-state index is 13.4. The number of hydrogen-bond acceptors (Lipinski definition) is 1. The summed E-state index contributed by atoms with van der Waals surface area (Å²) in [7, 11) is 0. The van der Waals surface area contributed by atoms with Crippen LogP contribution in [-0.2, 0) is 6.42 Å². The molecule has 84 valence electrons. The first kappa shape index (κ1) is 12.7. The fourth-order valence-electron chi connectivity index (χ4n) is 1.74. The van der Waals surface area contributed by atoms with E-state index in [9.17, 15) is 9.50 Å². The van der Waals surface area contributed by atoms with Gasteiger partial charge in [0.15, 0.2) is 0 Å². The zero-order valence-corrected chi connectivity index (χ0v) is 10.6. The van der Waals surface area contributed by atoms with Gasteiger partial charge in [0.05, 0.1) is 6.10 Å². The Morgan fingerprint density at radius 3 is 2.67 bits per heavy atom. The van der Waals surface area contributed by atoms with E-state index in [2.05, 4.69) is 15.9 Å². The molecule has 3 heteroatoms. The lowest BCUT2D eigenvalue weighted by atomic mass is 9.96. The van der Waals surface area contributed by atoms with Gasteiger partial charge in [0.25, 0.3) is 0 Å². The summed E-state index contributed by atoms with van der Waals surface area (Å²) in [5.41, 5.74) is 0.706. The molecule has 1 nitrogen and oxygen atoms in total. The van der Waals surface area contributed by atoms with Gasteiger partial charge in [0.1, 0.15) is 5.82 Å². The Kier molecular flexibility index (Phi) is 4.74. The second-order valence-electron chi connectivity index (χ2n) is 4.13. The summed E-state index contributed by atoms with van der Waals surface area (Å²) in [5, 5.41) is 9.22. The monoisotopic (exact) mass is 274 g/mol. The first-order chi connectivity index (χ1) is 6.99. The van der Waals surface area contributed by atoms with Crippen LogP contribution in [0.5, 0.6) is 0 Å². The topological polar surface area (TPSA) is 20.2 Å². The third-order valence-electron chi connectivity index (χ3n) is 2.32. The molecule has 1 rings (SSSR count). The average molecular weight is 275 g/mol. The van der Waals surface area contributed by atoms with Crippen molar-refractivity contribution in [1.29, 1.82) is 0 Å². The summed E-state index contributed by atoms with van der Waals surface area (Å²) < 4.78 is 14.3. The van der Waals surface area contributed by atoms with Gasteiger partial charge >= 0.3 is 0 Å². The quantitative estimate of drug-likeness (QED) is 0.891. The third kappa shape index (κ3) is 4.31. The number of halogens is 2. The van der Waals surface area contributed by atoms with Crippen LogP contribution in [0.4, 0.5) is 4.39 Å². The summed E-state index contributed by atoms with van der Waals surface area (Å²) in [6.07, 6.45) is 1.04. The number of hydrogen-bond donors (Lipinski definition) is 1. The lowest BCUT2D eigenvalue weighted by Gasteiger charge is -2.13. The van der Waals surface area contributed by atoms with E-state index in [0.29, 0.717) is 18.4 Å². The van der Waals surface area contributed by atoms with Crippen molar-refractivity contribution in [3.63, 3.8) is 0 Å². The highest BCUT2D eigenvalue weighted by molar-refractivity contribution is 9.10. The van der Waals surface area contributed by atoms with Crippen molar-refractivity contribution in [2.75, 3.05) is 0 Å². The summed E-state index contributed by atoms with van der Waals surface area (Å²) in [6.45, 7) is 3.78. The van der Waals surface area contributed by atoms with Crippen LogP contribution in [0, 0.1) is 11.7 Å². The molecule has 0 amide bonds. The second kappa shape index (κ2) is 5.61. The SMILES string of the molecule is CC(O)CC(C)Cc1cc(Br)ccc1F. The predicted octanol–water partition coefficient (Wildman–Crippen LogP) is 3.54. The first-order valence-electron chi connectivity index (χ1n) is 5.11. The van der Waals surface area contributed by atoms with E-state index >= 15 is 0 Å². The molecule has 0 radical (unpaired) electrons. The number of aliphatic hydroxyl groups excluding tert-OH is 1. The molecule has 0 aliphatic rings. The van der Waals surface area contributed by atoms with Crippen LogP contribution in [0.1, 0.15) is 25.8 Å². The molecule has 0 aliphatic carbocycles. The van der Waals surface area contributed by atoms with E-state index in [-0.39, 0.29) is 17.8 Å². The number of benzene rings is 1. The molecule has 0 spiro atoms. The van der Waals surface area contributed by atoms with Crippen LogP contribution in [-0.4, -0.2) is 11.2 Å². The van der Waals surface area contributed by atoms with Gasteiger partial charge in [-0.05, 0) is 49.4 Å². The van der Waals surface area contributed by atoms with Crippen LogP contribution in [0.15, 0.2) is 22.7 Å². The van der Waals surface area contributed by atoms with E-state index in [4.69, 9.17) is 0 Å². The fourth-order valence-corrected chi connectivity index (χ4v) is 2.15. The Hall–Kier alpha value is -0.410. The Labute approximate surface area is 98.4 Å². The largest absolute Gasteiger partial charge is 0.393 e. The molecular weight excluding hydrogens is 259 g/mol. The van der Waals surface area contributed by atoms with Crippen LogP contribution < -0.4 is 0 Å². The van der Waals surface area contributed by atoms with Crippen molar-refractivity contribution in [3.8, 4) is 0 Å². The van der Waals surface area contributed by atoms with Crippen LogP contribution in [0.25, 0.3) is 0 Å². The van der Waals surface area contributed by atoms with Crippen molar-refractivity contribution in [2.24, 2.45) is 5.92 Å². The van der Waals surface area contributed by atoms with Crippen LogP contribution in [0.3, 0.4) is 0 Å². The standard InChI is InChI=1S/C12H16BrFO/c1-8(5-9(2)15)6-10-7-11(13)3-4-12(10)14/h3-4,7-9,15H,5-6H2,1-2H3. The summed E-state index contributed by atoms with van der Waals surface area (Å²) in [5.74, 6) is 0.115. The molecule has 0 heterocycles. The van der Waals surface area contributed by atoms with Gasteiger partial charge in [0.2, 0.25) is 0 Å². The van der Waals surface area contributed by atoms with Gasteiger partial charge < -0.3 is 5.11 Å². The highest BCUT2D eigenvalue weighted by Crippen LogP contribution is 2.20. The predicted molar refractivity (Wildman–Crippen MR) is 63.3 cm³/mol. The van der Waals surface area contributed by atoms with Gasteiger partial charge in [-0.1, -0.05) is 22.9 Å². The van der Waals surface area contributed by atoms with Gasteiger partial charge in [-0.25, -0.2) is 4.39 Å². The molecular formula is C12H16BrFO. The fraction of sp³-hybridized carbons (Fsp3) is 0.500. The lowest BCUT2D eigenvalue weighted by molar-refractivity contribution is 0.164. The van der Waals surface area contributed by atoms with Crippen molar-refractivity contribution in [2.45, 2.75) is 32.8 Å². The van der Waals surface area contributed by atoms with E-state index in [1.54, 1.807) is 19.1 Å². The molecule has 15 heavy (non-hydrogen) atoms. The molecule has 0 saturated carbocycles. The molecule has 0 aliphatic heterocycles. The number of rotatable bonds is 4. The molecule has 1 N–H and O–H groups in total. The smallest absolute Gasteiger partial charge is 0.126 e. The Balaban J connectivity index is 2.67. The maximum Gasteiger partial charge on any atom is 0.126 e. The van der Waals surface area contributed by atoms with E-state index < -0.39 is 0 Å². The number of aliphatic hydroxyl groups is 1. The minimum atomic E-state index is -0.324. The summed E-state index contributed by atoms with van der Waals surface area (Å²) >= 11 is 3.32. The molecule has 1 aromatic carbocycles. The molecule has 2 atom stereocenters. The summed E-state index contributed by atoms with van der Waals surface area (Å²) in [4.78, 5) is 0. The van der Waals surface area contributed by atoms with Gasteiger partial charge in [-0.15, -0.1) is 0 Å². The zero-order valence-electron chi connectivity index (χ0n) is 9.00. The molecule has 1 aromatic rings. The molecule has 0 saturated heterocycles. The van der Waals surface area contributed by atoms with Crippen LogP contribution in [0.2, 0.25) is 0 Å². The molecule has 0 bridgehead atoms. The van der Waals surface area contributed by atoms with Gasteiger partial charge in [-0.3, -0.25) is 0 Å². The van der Waals surface area contributed by atoms with Crippen molar-refractivity contribution < 1.29 is 9.50 Å². The lowest BCUT2D eigenvalue weighted by Crippen LogP contribution is -2.10. The zero-order chi connectivity index (χ0) is 11.4. The molecule has 0 aromatic heterocycles. The highest BCUT2D eigenvalue weighted by atomic mass is 79.9. The Morgan fingerprint density at radius 2 is 2.07 bits per heavy atom. The summed E-state index contributed by atoms with van der Waals surface area (Å²) in [6, 6.07) is 4.96.